The first-order valence-electron chi connectivity index (χ1n) is 7.74. The van der Waals surface area contributed by atoms with Crippen LogP contribution < -0.4 is 5.32 Å². The second kappa shape index (κ2) is 8.46. The lowest BCUT2D eigenvalue weighted by atomic mass is 10.2. The summed E-state index contributed by atoms with van der Waals surface area (Å²) in [6.45, 7) is 8.86. The highest BCUT2D eigenvalue weighted by Crippen LogP contribution is 2.25. The van der Waals surface area contributed by atoms with Crippen molar-refractivity contribution in [3.05, 3.63) is 0 Å². The number of nitrogens with zero attached hydrogens (tertiary/aromatic N) is 3. The SMILES string of the molecule is CCCCN=C(NCC)N1CCN(C(C)C(F)(F)F)CC1. The molecule has 0 aromatic rings. The van der Waals surface area contributed by atoms with Gasteiger partial charge >= 0.3 is 6.18 Å². The van der Waals surface area contributed by atoms with E-state index >= 15 is 0 Å². The number of piperazine rings is 1. The molecular weight excluding hydrogens is 281 g/mol. The largest absolute Gasteiger partial charge is 0.403 e. The molecule has 1 fully saturated rings. The smallest absolute Gasteiger partial charge is 0.357 e. The summed E-state index contributed by atoms with van der Waals surface area (Å²) in [4.78, 5) is 8.08. The number of rotatable bonds is 5. The Bertz CT molecular complexity index is 323. The predicted octanol–water partition coefficient (Wildman–Crippen LogP) is 2.32. The highest BCUT2D eigenvalue weighted by atomic mass is 19.4. The molecule has 0 aliphatic carbocycles. The number of hydrogen-bond acceptors (Lipinski definition) is 2. The fraction of sp³-hybridized carbons (Fsp3) is 0.929. The Kier molecular flexibility index (Phi) is 7.28. The van der Waals surface area contributed by atoms with Gasteiger partial charge in [-0.25, -0.2) is 0 Å². The summed E-state index contributed by atoms with van der Waals surface area (Å²) in [5.74, 6) is 0.824. The average molecular weight is 308 g/mol. The van der Waals surface area contributed by atoms with Crippen molar-refractivity contribution in [3.8, 4) is 0 Å². The van der Waals surface area contributed by atoms with E-state index in [2.05, 4.69) is 22.1 Å². The molecule has 1 N–H and O–H groups in total. The summed E-state index contributed by atoms with van der Waals surface area (Å²) >= 11 is 0. The first-order valence-corrected chi connectivity index (χ1v) is 7.74. The summed E-state index contributed by atoms with van der Waals surface area (Å²) in [6.07, 6.45) is -2.04. The maximum Gasteiger partial charge on any atom is 0.403 e. The molecule has 0 bridgehead atoms. The van der Waals surface area contributed by atoms with Gasteiger partial charge in [-0.05, 0) is 20.3 Å². The van der Waals surface area contributed by atoms with Gasteiger partial charge in [0, 0.05) is 39.3 Å². The Morgan fingerprint density at radius 2 is 1.81 bits per heavy atom. The molecule has 0 radical (unpaired) electrons. The number of guanidine groups is 1. The molecule has 1 saturated heterocycles. The van der Waals surface area contributed by atoms with Crippen LogP contribution in [0.1, 0.15) is 33.6 Å². The predicted molar refractivity (Wildman–Crippen MR) is 79.5 cm³/mol. The van der Waals surface area contributed by atoms with Crippen LogP contribution in [0.3, 0.4) is 0 Å². The van der Waals surface area contributed by atoms with Crippen molar-refractivity contribution in [2.24, 2.45) is 4.99 Å². The number of nitrogens with one attached hydrogen (secondary N) is 1. The van der Waals surface area contributed by atoms with Crippen molar-refractivity contribution in [2.45, 2.75) is 45.8 Å². The van der Waals surface area contributed by atoms with Crippen LogP contribution in [-0.4, -0.2) is 67.2 Å². The van der Waals surface area contributed by atoms with E-state index in [1.54, 1.807) is 0 Å². The summed E-state index contributed by atoms with van der Waals surface area (Å²) in [6, 6.07) is -1.38. The lowest BCUT2D eigenvalue weighted by Gasteiger charge is -2.39. The maximum absolute atomic E-state index is 12.7. The Morgan fingerprint density at radius 3 is 2.29 bits per heavy atom. The normalized spacial score (nSPS) is 19.7. The third-order valence-corrected chi connectivity index (χ3v) is 3.74. The summed E-state index contributed by atoms with van der Waals surface area (Å²) in [5.41, 5.74) is 0. The molecule has 124 valence electrons. The van der Waals surface area contributed by atoms with Gasteiger partial charge in [0.15, 0.2) is 5.96 Å². The van der Waals surface area contributed by atoms with Crippen molar-refractivity contribution >= 4 is 5.96 Å². The number of hydrogen-bond donors (Lipinski definition) is 1. The molecule has 1 aliphatic heterocycles. The fourth-order valence-corrected chi connectivity index (χ4v) is 2.30. The number of aliphatic imine (C=N–C) groups is 1. The molecule has 21 heavy (non-hydrogen) atoms. The Morgan fingerprint density at radius 1 is 1.19 bits per heavy atom. The number of halogens is 3. The van der Waals surface area contributed by atoms with E-state index in [9.17, 15) is 13.2 Å². The zero-order chi connectivity index (χ0) is 15.9. The fourth-order valence-electron chi connectivity index (χ4n) is 2.30. The lowest BCUT2D eigenvalue weighted by molar-refractivity contribution is -0.181. The van der Waals surface area contributed by atoms with Crippen LogP contribution in [0.2, 0.25) is 0 Å². The highest BCUT2D eigenvalue weighted by molar-refractivity contribution is 5.80. The molecule has 1 unspecified atom stereocenters. The Labute approximate surface area is 125 Å². The van der Waals surface area contributed by atoms with E-state index in [0.29, 0.717) is 26.2 Å². The third-order valence-electron chi connectivity index (χ3n) is 3.74. The topological polar surface area (TPSA) is 30.9 Å². The van der Waals surface area contributed by atoms with Crippen molar-refractivity contribution in [1.29, 1.82) is 0 Å². The molecule has 4 nitrogen and oxygen atoms in total. The Balaban J connectivity index is 2.54. The second-order valence-corrected chi connectivity index (χ2v) is 5.33. The van der Waals surface area contributed by atoms with Gasteiger partial charge in [0.25, 0.3) is 0 Å². The van der Waals surface area contributed by atoms with Crippen LogP contribution in [0.4, 0.5) is 13.2 Å². The minimum Gasteiger partial charge on any atom is -0.357 e. The van der Waals surface area contributed by atoms with Crippen LogP contribution in [-0.2, 0) is 0 Å². The van der Waals surface area contributed by atoms with Gasteiger partial charge < -0.3 is 10.2 Å². The summed E-state index contributed by atoms with van der Waals surface area (Å²) in [7, 11) is 0. The molecule has 7 heteroatoms. The van der Waals surface area contributed by atoms with Gasteiger partial charge in [0.05, 0.1) is 0 Å². The average Bonchev–Trinajstić information content (AvgIpc) is 2.45. The van der Waals surface area contributed by atoms with E-state index < -0.39 is 12.2 Å². The molecule has 0 aromatic heterocycles. The van der Waals surface area contributed by atoms with E-state index in [0.717, 1.165) is 31.9 Å². The van der Waals surface area contributed by atoms with E-state index in [1.165, 1.54) is 11.8 Å². The minimum atomic E-state index is -4.15. The molecule has 0 spiro atoms. The summed E-state index contributed by atoms with van der Waals surface area (Å²) in [5, 5.41) is 3.22. The quantitative estimate of drug-likeness (QED) is 0.480. The van der Waals surface area contributed by atoms with Gasteiger partial charge in [-0.1, -0.05) is 13.3 Å². The standard InChI is InChI=1S/C14H27F3N4/c1-4-6-7-19-13(18-5-2)21-10-8-20(9-11-21)12(3)14(15,16)17/h12H,4-11H2,1-3H3,(H,18,19). The molecule has 0 amide bonds. The van der Waals surface area contributed by atoms with Gasteiger partial charge in [0.2, 0.25) is 0 Å². The monoisotopic (exact) mass is 308 g/mol. The van der Waals surface area contributed by atoms with Crippen molar-refractivity contribution in [1.82, 2.24) is 15.1 Å². The third kappa shape index (κ3) is 5.73. The second-order valence-electron chi connectivity index (χ2n) is 5.33. The Hall–Kier alpha value is -0.980. The van der Waals surface area contributed by atoms with Crippen molar-refractivity contribution in [2.75, 3.05) is 39.3 Å². The zero-order valence-corrected chi connectivity index (χ0v) is 13.2. The first-order chi connectivity index (χ1) is 9.90. The molecule has 1 heterocycles. The maximum atomic E-state index is 12.7. The van der Waals surface area contributed by atoms with Gasteiger partial charge in [-0.2, -0.15) is 13.2 Å². The van der Waals surface area contributed by atoms with Crippen LogP contribution in [0.25, 0.3) is 0 Å². The molecule has 1 aliphatic rings. The molecule has 0 saturated carbocycles. The van der Waals surface area contributed by atoms with E-state index in [1.807, 2.05) is 6.92 Å². The van der Waals surface area contributed by atoms with Crippen molar-refractivity contribution in [3.63, 3.8) is 0 Å². The van der Waals surface area contributed by atoms with Gasteiger partial charge in [-0.15, -0.1) is 0 Å². The van der Waals surface area contributed by atoms with Gasteiger partial charge in [-0.3, -0.25) is 9.89 Å². The molecule has 1 rings (SSSR count). The van der Waals surface area contributed by atoms with E-state index in [4.69, 9.17) is 0 Å². The van der Waals surface area contributed by atoms with Gasteiger partial charge in [0.1, 0.15) is 6.04 Å². The van der Waals surface area contributed by atoms with E-state index in [-0.39, 0.29) is 0 Å². The molecule has 1 atom stereocenters. The highest BCUT2D eigenvalue weighted by Gasteiger charge is 2.40. The lowest BCUT2D eigenvalue weighted by Crippen LogP contribution is -2.56. The van der Waals surface area contributed by atoms with Crippen LogP contribution in [0.15, 0.2) is 4.99 Å². The van der Waals surface area contributed by atoms with Crippen LogP contribution in [0, 0.1) is 0 Å². The van der Waals surface area contributed by atoms with Crippen molar-refractivity contribution < 1.29 is 13.2 Å². The number of unbranched alkanes of at least 4 members (excludes halogenated alkanes) is 1. The zero-order valence-electron chi connectivity index (χ0n) is 13.2. The van der Waals surface area contributed by atoms with Crippen LogP contribution in [0.5, 0.6) is 0 Å². The molecule has 0 aromatic carbocycles. The van der Waals surface area contributed by atoms with Crippen LogP contribution >= 0.6 is 0 Å². The first kappa shape index (κ1) is 18.1. The number of alkyl halides is 3. The summed E-state index contributed by atoms with van der Waals surface area (Å²) < 4.78 is 38.2. The minimum absolute atomic E-state index is 0.416. The molecular formula is C14H27F3N4.